The zero-order valence-corrected chi connectivity index (χ0v) is 27.9. The molecular weight excluding hydrogens is 552 g/mol. The lowest BCUT2D eigenvalue weighted by atomic mass is 10.00. The lowest BCUT2D eigenvalue weighted by Gasteiger charge is -2.15. The molecule has 0 aliphatic heterocycles. The average Bonchev–Trinajstić information content (AvgIpc) is 3.02. The maximum absolute atomic E-state index is 12.1. The van der Waals surface area contributed by atoms with E-state index in [1.807, 2.05) is 30.4 Å². The molecule has 0 saturated heterocycles. The zero-order valence-electron chi connectivity index (χ0n) is 27.9. The summed E-state index contributed by atoms with van der Waals surface area (Å²) in [5.41, 5.74) is 0. The van der Waals surface area contributed by atoms with Crippen LogP contribution in [0.25, 0.3) is 0 Å². The Labute approximate surface area is 268 Å². The van der Waals surface area contributed by atoms with Gasteiger partial charge in [0.1, 0.15) is 6.61 Å². The maximum atomic E-state index is 12.1. The molecule has 0 aromatic carbocycles. The molecule has 0 aromatic heterocycles. The van der Waals surface area contributed by atoms with E-state index in [1.54, 1.807) is 6.08 Å². The SMILES string of the molecule is CC/C=C\C/C=C\C/C=C\C/C=C\C=C/C(O)C/C=C\CCC(=O)OC[C@H](CO)OC(=O)CCCCCCCCC(C)CC. The van der Waals surface area contributed by atoms with Crippen LogP contribution in [0.4, 0.5) is 0 Å². The molecule has 6 heteroatoms. The van der Waals surface area contributed by atoms with Crippen molar-refractivity contribution in [1.29, 1.82) is 0 Å². The number of hydrogen-bond acceptors (Lipinski definition) is 6. The quantitative estimate of drug-likeness (QED) is 0.0395. The number of carbonyl (C=O) groups is 2. The molecule has 2 unspecified atom stereocenters. The van der Waals surface area contributed by atoms with E-state index in [-0.39, 0.29) is 25.6 Å². The number of rotatable bonds is 28. The van der Waals surface area contributed by atoms with Crippen LogP contribution in [0.15, 0.2) is 72.9 Å². The summed E-state index contributed by atoms with van der Waals surface area (Å²) in [7, 11) is 0. The van der Waals surface area contributed by atoms with E-state index in [4.69, 9.17) is 9.47 Å². The van der Waals surface area contributed by atoms with Crippen molar-refractivity contribution in [1.82, 2.24) is 0 Å². The molecule has 0 fully saturated rings. The predicted octanol–water partition coefficient (Wildman–Crippen LogP) is 9.05. The van der Waals surface area contributed by atoms with Crippen LogP contribution in [0, 0.1) is 5.92 Å². The normalized spacial score (nSPS) is 14.6. The minimum Gasteiger partial charge on any atom is -0.462 e. The van der Waals surface area contributed by atoms with Crippen LogP contribution in [0.3, 0.4) is 0 Å². The lowest BCUT2D eigenvalue weighted by Crippen LogP contribution is -2.28. The first kappa shape index (κ1) is 41.3. The van der Waals surface area contributed by atoms with Gasteiger partial charge in [-0.15, -0.1) is 0 Å². The van der Waals surface area contributed by atoms with Gasteiger partial charge in [-0.1, -0.05) is 139 Å². The first-order chi connectivity index (χ1) is 21.4. The second-order valence-corrected chi connectivity index (χ2v) is 11.3. The van der Waals surface area contributed by atoms with E-state index < -0.39 is 18.2 Å². The number of ether oxygens (including phenoxy) is 2. The standard InChI is InChI=1S/C38H62O6/c1-4-6-7-8-9-10-11-12-13-14-15-19-23-28-35(40)29-24-21-26-30-37(41)43-33-36(32-39)44-38(42)31-25-20-17-16-18-22-27-34(3)5-2/h6-7,9-10,12-13,15,19,21,23-24,28,34-36,39-40H,4-5,8,11,14,16-18,20,22,25-27,29-33H2,1-3H3/b7-6-,10-9-,13-12-,19-15-,24-21-,28-23-/t34?,35?,36-/m0/s1. The van der Waals surface area contributed by atoms with Gasteiger partial charge in [-0.2, -0.15) is 0 Å². The van der Waals surface area contributed by atoms with Gasteiger partial charge in [0.25, 0.3) is 0 Å². The van der Waals surface area contributed by atoms with Gasteiger partial charge >= 0.3 is 11.9 Å². The summed E-state index contributed by atoms with van der Waals surface area (Å²) in [6, 6.07) is 0. The van der Waals surface area contributed by atoms with Crippen LogP contribution in [0.1, 0.15) is 124 Å². The van der Waals surface area contributed by atoms with Crippen molar-refractivity contribution < 1.29 is 29.3 Å². The summed E-state index contributed by atoms with van der Waals surface area (Å²) in [4.78, 5) is 24.1. The summed E-state index contributed by atoms with van der Waals surface area (Å²) in [6.07, 6.45) is 37.1. The highest BCUT2D eigenvalue weighted by molar-refractivity contribution is 5.70. The molecular formula is C38H62O6. The van der Waals surface area contributed by atoms with Gasteiger partial charge in [-0.3, -0.25) is 9.59 Å². The van der Waals surface area contributed by atoms with Crippen molar-refractivity contribution in [3.63, 3.8) is 0 Å². The molecule has 0 amide bonds. The second kappa shape index (κ2) is 31.7. The van der Waals surface area contributed by atoms with Crippen molar-refractivity contribution in [2.75, 3.05) is 13.2 Å². The number of unbranched alkanes of at least 4 members (excludes halogenated alkanes) is 5. The molecule has 3 atom stereocenters. The average molecular weight is 615 g/mol. The number of esters is 2. The molecule has 0 aliphatic carbocycles. The van der Waals surface area contributed by atoms with Gasteiger partial charge in [0, 0.05) is 12.8 Å². The molecule has 0 saturated carbocycles. The molecule has 0 aromatic rings. The van der Waals surface area contributed by atoms with E-state index in [2.05, 4.69) is 57.2 Å². The highest BCUT2D eigenvalue weighted by Crippen LogP contribution is 2.15. The topological polar surface area (TPSA) is 93.1 Å². The third-order valence-corrected chi connectivity index (χ3v) is 7.15. The largest absolute Gasteiger partial charge is 0.462 e. The van der Waals surface area contributed by atoms with Crippen LogP contribution in [-0.2, 0) is 19.1 Å². The minimum absolute atomic E-state index is 0.151. The molecule has 0 radical (unpaired) electrons. The predicted molar refractivity (Wildman–Crippen MR) is 183 cm³/mol. The third kappa shape index (κ3) is 29.4. The fraction of sp³-hybridized carbons (Fsp3) is 0.632. The molecule has 6 nitrogen and oxygen atoms in total. The second-order valence-electron chi connectivity index (χ2n) is 11.3. The summed E-state index contributed by atoms with van der Waals surface area (Å²) >= 11 is 0. The molecule has 0 spiro atoms. The Kier molecular flexibility index (Phi) is 29.8. The summed E-state index contributed by atoms with van der Waals surface area (Å²) in [5, 5.41) is 19.5. The number of aliphatic hydroxyl groups excluding tert-OH is 2. The first-order valence-electron chi connectivity index (χ1n) is 17.0. The maximum Gasteiger partial charge on any atom is 0.306 e. The Morgan fingerprint density at radius 3 is 2.02 bits per heavy atom. The van der Waals surface area contributed by atoms with E-state index in [1.165, 1.54) is 32.1 Å². The summed E-state index contributed by atoms with van der Waals surface area (Å²) < 4.78 is 10.4. The van der Waals surface area contributed by atoms with Crippen LogP contribution < -0.4 is 0 Å². The van der Waals surface area contributed by atoms with Crippen molar-refractivity contribution in [2.45, 2.75) is 136 Å². The van der Waals surface area contributed by atoms with Crippen molar-refractivity contribution in [3.8, 4) is 0 Å². The van der Waals surface area contributed by atoms with Crippen LogP contribution in [0.2, 0.25) is 0 Å². The fourth-order valence-corrected chi connectivity index (χ4v) is 4.17. The number of hydrogen-bond donors (Lipinski definition) is 2. The molecule has 44 heavy (non-hydrogen) atoms. The van der Waals surface area contributed by atoms with Crippen LogP contribution in [-0.4, -0.2) is 47.6 Å². The minimum atomic E-state index is -0.838. The Morgan fingerprint density at radius 2 is 1.36 bits per heavy atom. The smallest absolute Gasteiger partial charge is 0.306 e. The van der Waals surface area contributed by atoms with E-state index in [0.29, 0.717) is 19.3 Å². The first-order valence-corrected chi connectivity index (χ1v) is 17.0. The van der Waals surface area contributed by atoms with Crippen molar-refractivity contribution in [3.05, 3.63) is 72.9 Å². The zero-order chi connectivity index (χ0) is 32.5. The third-order valence-electron chi connectivity index (χ3n) is 7.15. The van der Waals surface area contributed by atoms with Crippen LogP contribution in [0.5, 0.6) is 0 Å². The molecule has 0 bridgehead atoms. The summed E-state index contributed by atoms with van der Waals surface area (Å²) in [5.74, 6) is 0.0212. The molecule has 250 valence electrons. The van der Waals surface area contributed by atoms with E-state index in [0.717, 1.165) is 50.9 Å². The number of aliphatic hydroxyl groups is 2. The molecule has 0 rings (SSSR count). The molecule has 0 heterocycles. The van der Waals surface area contributed by atoms with Gasteiger partial charge < -0.3 is 19.7 Å². The van der Waals surface area contributed by atoms with E-state index >= 15 is 0 Å². The number of allylic oxidation sites excluding steroid dienone is 10. The lowest BCUT2D eigenvalue weighted by molar-refractivity contribution is -0.161. The Balaban J connectivity index is 3.90. The van der Waals surface area contributed by atoms with Crippen molar-refractivity contribution in [2.24, 2.45) is 5.92 Å². The molecule has 0 aliphatic rings. The van der Waals surface area contributed by atoms with Gasteiger partial charge in [-0.05, 0) is 50.9 Å². The fourth-order valence-electron chi connectivity index (χ4n) is 4.17. The molecule has 2 N–H and O–H groups in total. The van der Waals surface area contributed by atoms with Gasteiger partial charge in [0.05, 0.1) is 12.7 Å². The highest BCUT2D eigenvalue weighted by atomic mass is 16.6. The highest BCUT2D eigenvalue weighted by Gasteiger charge is 2.15. The Bertz CT molecular complexity index is 867. The van der Waals surface area contributed by atoms with Crippen LogP contribution >= 0.6 is 0 Å². The van der Waals surface area contributed by atoms with Gasteiger partial charge in [0.15, 0.2) is 6.10 Å². The number of carbonyl (C=O) groups excluding carboxylic acids is 2. The monoisotopic (exact) mass is 614 g/mol. The Morgan fingerprint density at radius 1 is 0.727 bits per heavy atom. The van der Waals surface area contributed by atoms with E-state index in [9.17, 15) is 19.8 Å². The van der Waals surface area contributed by atoms with Crippen molar-refractivity contribution >= 4 is 11.9 Å². The van der Waals surface area contributed by atoms with Gasteiger partial charge in [-0.25, -0.2) is 0 Å². The van der Waals surface area contributed by atoms with Gasteiger partial charge in [0.2, 0.25) is 0 Å². The Hall–Kier alpha value is -2.70. The summed E-state index contributed by atoms with van der Waals surface area (Å²) in [6.45, 7) is 6.13.